The lowest BCUT2D eigenvalue weighted by Gasteiger charge is -2.30. The second kappa shape index (κ2) is 11.4. The molecule has 1 unspecified atom stereocenters. The van der Waals surface area contributed by atoms with Crippen molar-refractivity contribution in [2.75, 3.05) is 25.5 Å². The van der Waals surface area contributed by atoms with Crippen LogP contribution in [0.3, 0.4) is 0 Å². The van der Waals surface area contributed by atoms with E-state index >= 15 is 0 Å². The predicted molar refractivity (Wildman–Crippen MR) is 131 cm³/mol. The van der Waals surface area contributed by atoms with Gasteiger partial charge in [-0.2, -0.15) is 13.2 Å². The molecule has 0 saturated heterocycles. The van der Waals surface area contributed by atoms with Crippen LogP contribution in [-0.4, -0.2) is 37.4 Å². The summed E-state index contributed by atoms with van der Waals surface area (Å²) in [6.45, 7) is 0.0124. The molecule has 0 aliphatic rings. The predicted octanol–water partition coefficient (Wildman–Crippen LogP) is 6.13. The zero-order valence-corrected chi connectivity index (χ0v) is 20.3. The van der Waals surface area contributed by atoms with Gasteiger partial charge in [0.05, 0.1) is 16.3 Å². The Balaban J connectivity index is 2.03. The van der Waals surface area contributed by atoms with Gasteiger partial charge in [-0.25, -0.2) is 9.18 Å². The molecule has 0 aliphatic heterocycles. The van der Waals surface area contributed by atoms with Crippen molar-refractivity contribution in [3.05, 3.63) is 106 Å². The Morgan fingerprint density at radius 2 is 1.64 bits per heavy atom. The van der Waals surface area contributed by atoms with E-state index in [2.05, 4.69) is 0 Å². The number of amides is 1. The summed E-state index contributed by atoms with van der Waals surface area (Å²) in [4.78, 5) is 28.7. The molecule has 0 fully saturated rings. The van der Waals surface area contributed by atoms with Crippen molar-refractivity contribution in [3.63, 3.8) is 0 Å². The third-order valence-corrected chi connectivity index (χ3v) is 5.91. The van der Waals surface area contributed by atoms with Crippen LogP contribution >= 0.6 is 11.6 Å². The van der Waals surface area contributed by atoms with Crippen LogP contribution in [0, 0.1) is 5.82 Å². The lowest BCUT2D eigenvalue weighted by molar-refractivity contribution is -0.137. The summed E-state index contributed by atoms with van der Waals surface area (Å²) in [5.74, 6) is -0.315. The summed E-state index contributed by atoms with van der Waals surface area (Å²) in [7, 11) is 3.22. The SMILES string of the molecule is CN(C)C(=C=O)C(C(=O)N(CCc1ccc(C(F)(F)F)cc1)c1ccc(F)cc1Cl)c1ccccc1. The smallest absolute Gasteiger partial charge is 0.371 e. The topological polar surface area (TPSA) is 40.6 Å². The number of benzene rings is 3. The Morgan fingerprint density at radius 1 is 1.00 bits per heavy atom. The van der Waals surface area contributed by atoms with Gasteiger partial charge in [0, 0.05) is 20.6 Å². The molecule has 1 amide bonds. The number of alkyl halides is 3. The Bertz CT molecular complexity index is 1260. The average molecular weight is 519 g/mol. The summed E-state index contributed by atoms with van der Waals surface area (Å²) in [5, 5.41) is -0.0240. The number of anilines is 1. The molecule has 3 aromatic rings. The van der Waals surface area contributed by atoms with Crippen molar-refractivity contribution in [2.45, 2.75) is 18.5 Å². The van der Waals surface area contributed by atoms with Crippen molar-refractivity contribution in [1.29, 1.82) is 0 Å². The van der Waals surface area contributed by atoms with E-state index in [1.54, 1.807) is 44.4 Å². The first-order valence-electron chi connectivity index (χ1n) is 10.9. The van der Waals surface area contributed by atoms with E-state index in [1.807, 2.05) is 5.94 Å². The number of carbonyl (C=O) groups excluding carboxylic acids is 2. The number of rotatable bonds is 8. The Morgan fingerprint density at radius 3 is 2.17 bits per heavy atom. The van der Waals surface area contributed by atoms with Gasteiger partial charge in [-0.1, -0.05) is 54.1 Å². The Kier molecular flexibility index (Phi) is 8.56. The van der Waals surface area contributed by atoms with E-state index in [4.69, 9.17) is 11.6 Å². The van der Waals surface area contributed by atoms with Gasteiger partial charge in [-0.3, -0.25) is 4.79 Å². The maximum atomic E-state index is 14.0. The summed E-state index contributed by atoms with van der Waals surface area (Å²) >= 11 is 6.29. The highest BCUT2D eigenvalue weighted by Gasteiger charge is 2.33. The zero-order chi connectivity index (χ0) is 26.5. The first-order valence-corrected chi connectivity index (χ1v) is 11.3. The van der Waals surface area contributed by atoms with Crippen molar-refractivity contribution in [1.82, 2.24) is 4.90 Å². The molecular formula is C27H23ClF4N2O2. The van der Waals surface area contributed by atoms with E-state index in [0.717, 1.165) is 24.3 Å². The number of nitrogens with zero attached hydrogens (tertiary/aromatic N) is 2. The first kappa shape index (κ1) is 27.0. The molecule has 4 nitrogen and oxygen atoms in total. The van der Waals surface area contributed by atoms with Crippen molar-refractivity contribution in [3.8, 4) is 0 Å². The molecule has 0 aromatic heterocycles. The molecule has 0 N–H and O–H groups in total. The third-order valence-electron chi connectivity index (χ3n) is 5.61. The standard InChI is InChI=1S/C27H23ClF4N2O2/c1-33(2)24(17-35)25(19-6-4-3-5-7-19)26(36)34(23-13-12-21(29)16-22(23)28)15-14-18-8-10-20(11-9-18)27(30,31)32/h3-13,16,25H,14-15H2,1-2H3. The number of hydrogen-bond donors (Lipinski definition) is 0. The fraction of sp³-hybridized carbons (Fsp3) is 0.222. The molecule has 0 radical (unpaired) electrons. The van der Waals surface area contributed by atoms with Crippen LogP contribution in [0.5, 0.6) is 0 Å². The molecule has 9 heteroatoms. The monoisotopic (exact) mass is 518 g/mol. The number of halogens is 5. The fourth-order valence-corrected chi connectivity index (χ4v) is 4.05. The van der Waals surface area contributed by atoms with E-state index in [-0.39, 0.29) is 29.4 Å². The summed E-state index contributed by atoms with van der Waals surface area (Å²) in [6, 6.07) is 16.8. The largest absolute Gasteiger partial charge is 0.416 e. The Hall–Kier alpha value is -3.61. The van der Waals surface area contributed by atoms with E-state index in [9.17, 15) is 27.2 Å². The Labute approximate surface area is 211 Å². The van der Waals surface area contributed by atoms with Crippen LogP contribution < -0.4 is 4.90 Å². The lowest BCUT2D eigenvalue weighted by Crippen LogP contribution is -2.39. The van der Waals surface area contributed by atoms with Crippen molar-refractivity contribution in [2.24, 2.45) is 0 Å². The van der Waals surface area contributed by atoms with Gasteiger partial charge in [0.2, 0.25) is 5.91 Å². The molecule has 0 spiro atoms. The molecular weight excluding hydrogens is 496 g/mol. The highest BCUT2D eigenvalue weighted by Crippen LogP contribution is 2.33. The molecule has 3 aromatic carbocycles. The normalized spacial score (nSPS) is 12.0. The zero-order valence-electron chi connectivity index (χ0n) is 19.5. The van der Waals surface area contributed by atoms with Crippen LogP contribution in [0.15, 0.2) is 78.5 Å². The van der Waals surface area contributed by atoms with Gasteiger partial charge >= 0.3 is 6.18 Å². The summed E-state index contributed by atoms with van der Waals surface area (Å²) in [6.07, 6.45) is -4.28. The average Bonchev–Trinajstić information content (AvgIpc) is 2.83. The van der Waals surface area contributed by atoms with E-state index in [1.165, 1.54) is 28.0 Å². The number of likely N-dealkylation sites (N-methyl/N-ethyl adjacent to an activating group) is 1. The fourth-order valence-electron chi connectivity index (χ4n) is 3.78. The molecule has 0 bridgehead atoms. The molecule has 0 saturated carbocycles. The van der Waals surface area contributed by atoms with Gasteiger partial charge in [0.1, 0.15) is 23.4 Å². The summed E-state index contributed by atoms with van der Waals surface area (Å²) in [5.41, 5.74) is 0.585. The highest BCUT2D eigenvalue weighted by molar-refractivity contribution is 6.34. The van der Waals surface area contributed by atoms with Gasteiger partial charge < -0.3 is 9.80 Å². The maximum absolute atomic E-state index is 14.0. The number of hydrogen-bond acceptors (Lipinski definition) is 3. The summed E-state index contributed by atoms with van der Waals surface area (Å²) < 4.78 is 52.5. The maximum Gasteiger partial charge on any atom is 0.416 e. The van der Waals surface area contributed by atoms with Gasteiger partial charge in [-0.15, -0.1) is 0 Å². The van der Waals surface area contributed by atoms with Crippen molar-refractivity contribution < 1.29 is 27.2 Å². The van der Waals surface area contributed by atoms with Gasteiger partial charge in [0.15, 0.2) is 0 Å². The first-order chi connectivity index (χ1) is 17.0. The van der Waals surface area contributed by atoms with Gasteiger partial charge in [0.25, 0.3) is 0 Å². The van der Waals surface area contributed by atoms with Gasteiger partial charge in [-0.05, 0) is 47.9 Å². The van der Waals surface area contributed by atoms with Crippen LogP contribution in [0.2, 0.25) is 5.02 Å². The third kappa shape index (κ3) is 6.33. The lowest BCUT2D eigenvalue weighted by atomic mass is 9.93. The highest BCUT2D eigenvalue weighted by atomic mass is 35.5. The van der Waals surface area contributed by atoms with Crippen LogP contribution in [0.4, 0.5) is 23.2 Å². The van der Waals surface area contributed by atoms with Crippen LogP contribution in [0.25, 0.3) is 0 Å². The minimum Gasteiger partial charge on any atom is -0.371 e. The molecule has 3 rings (SSSR count). The molecule has 0 aliphatic carbocycles. The van der Waals surface area contributed by atoms with Crippen molar-refractivity contribution >= 4 is 29.1 Å². The number of carbonyl (C=O) groups is 1. The van der Waals surface area contributed by atoms with Crippen LogP contribution in [-0.2, 0) is 22.2 Å². The van der Waals surface area contributed by atoms with E-state index in [0.29, 0.717) is 11.1 Å². The molecule has 1 atom stereocenters. The minimum absolute atomic E-state index is 0.0124. The molecule has 188 valence electrons. The second-order valence-corrected chi connectivity index (χ2v) is 8.66. The quantitative estimate of drug-likeness (QED) is 0.266. The van der Waals surface area contributed by atoms with Crippen LogP contribution in [0.1, 0.15) is 22.6 Å². The second-order valence-electron chi connectivity index (χ2n) is 8.26. The van der Waals surface area contributed by atoms with E-state index < -0.39 is 29.4 Å². The minimum atomic E-state index is -4.46. The molecule has 36 heavy (non-hydrogen) atoms. The molecule has 0 heterocycles.